The first-order chi connectivity index (χ1) is 18.3. The van der Waals surface area contributed by atoms with Crippen molar-refractivity contribution in [3.8, 4) is 5.75 Å². The molecule has 2 aliphatic heterocycles. The number of hydrogen-bond acceptors (Lipinski definition) is 8. The zero-order valence-electron chi connectivity index (χ0n) is 20.5. The van der Waals surface area contributed by atoms with Crippen LogP contribution < -0.4 is 15.8 Å². The lowest BCUT2D eigenvalue weighted by Crippen LogP contribution is -2.59. The number of aromatic nitrogens is 2. The second-order valence-electron chi connectivity index (χ2n) is 9.34. The van der Waals surface area contributed by atoms with E-state index in [1.165, 1.54) is 0 Å². The topological polar surface area (TPSA) is 132 Å². The number of nitrogens with two attached hydrogens (primary N) is 1. The quantitative estimate of drug-likeness (QED) is 0.459. The van der Waals surface area contributed by atoms with Gasteiger partial charge in [-0.3, -0.25) is 9.79 Å². The van der Waals surface area contributed by atoms with Gasteiger partial charge in [0, 0.05) is 6.54 Å². The number of carbonyl (C=O) groups is 1. The largest absolute Gasteiger partial charge is 0.485 e. The Hall–Kier alpha value is -3.43. The third-order valence-electron chi connectivity index (χ3n) is 6.60. The molecule has 3 atom stereocenters. The second-order valence-corrected chi connectivity index (χ2v) is 12.1. The Morgan fingerprint density at radius 1 is 1.28 bits per heavy atom. The molecule has 9 nitrogen and oxygen atoms in total. The van der Waals surface area contributed by atoms with Gasteiger partial charge < -0.3 is 15.8 Å². The van der Waals surface area contributed by atoms with Gasteiger partial charge in [0.15, 0.2) is 6.61 Å². The van der Waals surface area contributed by atoms with Crippen LogP contribution in [0.3, 0.4) is 0 Å². The van der Waals surface area contributed by atoms with E-state index in [0.29, 0.717) is 12.8 Å². The molecule has 212 valence electrons. The Morgan fingerprint density at radius 3 is 2.67 bits per heavy atom. The van der Waals surface area contributed by atoms with Crippen LogP contribution in [0.5, 0.6) is 5.75 Å². The van der Waals surface area contributed by atoms with Gasteiger partial charge in [0.1, 0.15) is 51.6 Å². The molecule has 0 bridgehead atoms. The van der Waals surface area contributed by atoms with E-state index >= 15 is 0 Å². The first-order valence-corrected chi connectivity index (χ1v) is 13.3. The number of anilines is 1. The molecular weight excluding hydrogens is 554 g/mol. The van der Waals surface area contributed by atoms with Crippen molar-refractivity contribution in [2.45, 2.75) is 42.4 Å². The van der Waals surface area contributed by atoms with Crippen LogP contribution in [0.25, 0.3) is 0 Å². The Bertz CT molecular complexity index is 1420. The molecule has 4 rings (SSSR count). The highest BCUT2D eigenvalue weighted by atomic mass is 32.2. The highest BCUT2D eigenvalue weighted by Gasteiger charge is 2.54. The first-order valence-electron chi connectivity index (χ1n) is 11.6. The zero-order valence-corrected chi connectivity index (χ0v) is 21.3. The van der Waals surface area contributed by atoms with E-state index in [-0.39, 0.29) is 29.6 Å². The van der Waals surface area contributed by atoms with Gasteiger partial charge in [-0.15, -0.1) is 0 Å². The van der Waals surface area contributed by atoms with Gasteiger partial charge >= 0.3 is 12.3 Å². The lowest BCUT2D eigenvalue weighted by atomic mass is 9.95. The number of pyridine rings is 2. The van der Waals surface area contributed by atoms with Crippen LogP contribution in [-0.2, 0) is 15.3 Å². The number of halogens is 6. The summed E-state index contributed by atoms with van der Waals surface area (Å²) in [5.41, 5.74) is 3.33. The van der Waals surface area contributed by atoms with E-state index in [2.05, 4.69) is 29.4 Å². The average molecular weight is 579 g/mol. The van der Waals surface area contributed by atoms with E-state index < -0.39 is 68.8 Å². The second kappa shape index (κ2) is 10.3. The Morgan fingerprint density at radius 2 is 2.03 bits per heavy atom. The van der Waals surface area contributed by atoms with Gasteiger partial charge in [0.05, 0.1) is 21.7 Å². The predicted molar refractivity (Wildman–Crippen MR) is 130 cm³/mol. The van der Waals surface area contributed by atoms with E-state index in [9.17, 15) is 35.3 Å². The van der Waals surface area contributed by atoms with Gasteiger partial charge in [0.25, 0.3) is 5.91 Å². The van der Waals surface area contributed by atoms with Crippen molar-refractivity contribution in [3.05, 3.63) is 47.7 Å². The maximum Gasteiger partial charge on any atom is 0.340 e. The first kappa shape index (κ1) is 28.6. The highest BCUT2D eigenvalue weighted by Crippen LogP contribution is 2.42. The summed E-state index contributed by atoms with van der Waals surface area (Å²) in [5, 5.41) is 2.35. The van der Waals surface area contributed by atoms with Crippen LogP contribution in [0.4, 0.5) is 32.2 Å². The standard InChI is InChI=1S/C23H24F6N6O3S/c1-21-7-2-8-32-39(21,37)12-22(10-24,35-20(21)30)17-14(25)4-6-16(33-17)34-18(36)15-5-3-13(9-31-15)38-11-23(28,29)19(26)27/h3-6,9,19H,2,7-8,10-12H2,1H3,(H2,30,35)(H,33,34,36)/t21-,22+,39?/m1/s1. The lowest BCUT2D eigenvalue weighted by molar-refractivity contribution is -0.148. The highest BCUT2D eigenvalue weighted by molar-refractivity contribution is 7.95. The number of hydrogen-bond donors (Lipinski definition) is 2. The molecule has 39 heavy (non-hydrogen) atoms. The van der Waals surface area contributed by atoms with Crippen molar-refractivity contribution in [2.75, 3.05) is 30.9 Å². The number of aliphatic imine (C=N–C) groups is 1. The van der Waals surface area contributed by atoms with Crippen molar-refractivity contribution >= 4 is 27.3 Å². The number of amidine groups is 1. The summed E-state index contributed by atoms with van der Waals surface area (Å²) in [6.07, 6.45) is -2.01. The summed E-state index contributed by atoms with van der Waals surface area (Å²) in [6, 6.07) is 4.15. The minimum atomic E-state index is -4.37. The van der Waals surface area contributed by atoms with Gasteiger partial charge in [-0.1, -0.05) is 0 Å². The molecule has 0 fully saturated rings. The van der Waals surface area contributed by atoms with Crippen molar-refractivity contribution in [1.82, 2.24) is 9.97 Å². The summed E-state index contributed by atoms with van der Waals surface area (Å²) in [4.78, 5) is 24.6. The van der Waals surface area contributed by atoms with Gasteiger partial charge in [-0.2, -0.15) is 8.78 Å². The molecule has 0 radical (unpaired) electrons. The molecule has 3 N–H and O–H groups in total. The summed E-state index contributed by atoms with van der Waals surface area (Å²) in [7, 11) is -3.14. The van der Waals surface area contributed by atoms with E-state index in [1.807, 2.05) is 0 Å². The van der Waals surface area contributed by atoms with Crippen molar-refractivity contribution < 1.29 is 40.1 Å². The number of alkyl halides is 5. The Kier molecular flexibility index (Phi) is 7.53. The summed E-state index contributed by atoms with van der Waals surface area (Å²) < 4.78 is 102. The number of nitrogens with zero attached hydrogens (tertiary/aromatic N) is 4. The number of fused-ring (bicyclic) bond motifs is 1. The molecule has 2 aromatic rings. The summed E-state index contributed by atoms with van der Waals surface area (Å²) in [5.74, 6) is -7.29. The van der Waals surface area contributed by atoms with Crippen LogP contribution in [0.2, 0.25) is 0 Å². The van der Waals surface area contributed by atoms with Crippen LogP contribution in [-0.4, -0.2) is 68.6 Å². The van der Waals surface area contributed by atoms with Crippen LogP contribution in [0, 0.1) is 5.82 Å². The molecule has 2 aromatic heterocycles. The fourth-order valence-electron chi connectivity index (χ4n) is 4.25. The molecule has 2 aliphatic rings. The van der Waals surface area contributed by atoms with Crippen molar-refractivity contribution in [3.63, 3.8) is 0 Å². The maximum absolute atomic E-state index is 15.0. The zero-order chi connectivity index (χ0) is 28.6. The fourth-order valence-corrected chi connectivity index (χ4v) is 7.13. The number of nitrogens with one attached hydrogen (secondary N) is 1. The monoisotopic (exact) mass is 578 g/mol. The molecule has 0 aromatic carbocycles. The number of ether oxygens (including phenoxy) is 1. The van der Waals surface area contributed by atoms with Crippen LogP contribution >= 0.6 is 0 Å². The molecule has 0 saturated carbocycles. The molecule has 4 heterocycles. The van der Waals surface area contributed by atoms with Crippen LogP contribution in [0.1, 0.15) is 35.9 Å². The lowest BCUT2D eigenvalue weighted by Gasteiger charge is -2.44. The van der Waals surface area contributed by atoms with E-state index in [1.54, 1.807) is 6.92 Å². The fraction of sp³-hybridized carbons (Fsp3) is 0.478. The molecule has 1 unspecified atom stereocenters. The van der Waals surface area contributed by atoms with Gasteiger partial charge in [0.2, 0.25) is 0 Å². The Labute approximate surface area is 219 Å². The third-order valence-corrected chi connectivity index (χ3v) is 9.89. The maximum atomic E-state index is 15.0. The number of rotatable bonds is 8. The molecule has 0 saturated heterocycles. The minimum Gasteiger partial charge on any atom is -0.485 e. The van der Waals surface area contributed by atoms with Crippen molar-refractivity contribution in [1.29, 1.82) is 0 Å². The normalized spacial score (nSPS) is 26.8. The molecule has 16 heteroatoms. The number of amides is 1. The number of carbonyl (C=O) groups excluding carboxylic acids is 1. The van der Waals surface area contributed by atoms with Gasteiger partial charge in [-0.25, -0.2) is 36.1 Å². The van der Waals surface area contributed by atoms with Crippen molar-refractivity contribution in [2.24, 2.45) is 15.1 Å². The smallest absolute Gasteiger partial charge is 0.340 e. The Balaban J connectivity index is 1.57. The molecule has 0 aliphatic carbocycles. The van der Waals surface area contributed by atoms with Crippen LogP contribution in [0.15, 0.2) is 39.8 Å². The molecular formula is C23H24F6N6O3S. The minimum absolute atomic E-state index is 0.117. The van der Waals surface area contributed by atoms with Gasteiger partial charge in [-0.05, 0) is 44.0 Å². The molecule has 1 amide bonds. The molecule has 0 spiro atoms. The third kappa shape index (κ3) is 5.25. The SMILES string of the molecule is C[C@]12CCCN=S1(=O)C[C@@](CF)(c1nc(NC(=O)c3ccc(OCC(F)(F)C(F)F)cn3)ccc1F)N=C2N. The van der Waals surface area contributed by atoms with E-state index in [0.717, 1.165) is 30.5 Å². The average Bonchev–Trinajstić information content (AvgIpc) is 2.89. The summed E-state index contributed by atoms with van der Waals surface area (Å²) >= 11 is 0. The van der Waals surface area contributed by atoms with E-state index in [4.69, 9.17) is 5.73 Å². The summed E-state index contributed by atoms with van der Waals surface area (Å²) in [6.45, 7) is -0.970. The predicted octanol–water partition coefficient (Wildman–Crippen LogP) is 3.70.